The van der Waals surface area contributed by atoms with Gasteiger partial charge in [-0.05, 0) is 18.7 Å². The van der Waals surface area contributed by atoms with E-state index in [1.807, 2.05) is 6.92 Å². The molecule has 1 rings (SSSR count). The van der Waals surface area contributed by atoms with Crippen molar-refractivity contribution >= 4 is 0 Å². The van der Waals surface area contributed by atoms with Gasteiger partial charge in [0.2, 0.25) is 0 Å². The lowest BCUT2D eigenvalue weighted by Crippen LogP contribution is -2.22. The lowest BCUT2D eigenvalue weighted by Gasteiger charge is -2.16. The van der Waals surface area contributed by atoms with Crippen LogP contribution in [0.4, 0.5) is 8.78 Å². The molecule has 80 valence electrons. The Bertz CT molecular complexity index is 348. The number of rotatable bonds is 4. The summed E-state index contributed by atoms with van der Waals surface area (Å²) in [5, 5.41) is 2.96. The van der Waals surface area contributed by atoms with E-state index < -0.39 is 17.7 Å². The van der Waals surface area contributed by atoms with Gasteiger partial charge in [0.1, 0.15) is 11.6 Å². The number of benzene rings is 1. The Labute approximate surface area is 88.5 Å². The molecule has 1 N–H and O–H groups in total. The summed E-state index contributed by atoms with van der Waals surface area (Å²) in [4.78, 5) is 0. The Hall–Kier alpha value is -1.40. The predicted octanol–water partition coefficient (Wildman–Crippen LogP) is 2.64. The minimum absolute atomic E-state index is 0.0253. The van der Waals surface area contributed by atoms with Crippen LogP contribution in [0.1, 0.15) is 24.9 Å². The fourth-order valence-corrected chi connectivity index (χ4v) is 1.48. The Morgan fingerprint density at radius 3 is 2.47 bits per heavy atom. The number of halogens is 2. The van der Waals surface area contributed by atoms with Crippen molar-refractivity contribution in [1.82, 2.24) is 5.32 Å². The first-order valence-electron chi connectivity index (χ1n) is 4.81. The molecule has 1 unspecified atom stereocenters. The topological polar surface area (TPSA) is 12.0 Å². The SMILES string of the molecule is C#CCC(NCC)c1c(F)cccc1F. The van der Waals surface area contributed by atoms with Crippen molar-refractivity contribution in [2.45, 2.75) is 19.4 Å². The molecule has 1 aromatic rings. The molecule has 0 radical (unpaired) electrons. The van der Waals surface area contributed by atoms with Gasteiger partial charge >= 0.3 is 0 Å². The molecule has 15 heavy (non-hydrogen) atoms. The summed E-state index contributed by atoms with van der Waals surface area (Å²) >= 11 is 0. The fraction of sp³-hybridized carbons (Fsp3) is 0.333. The first-order valence-corrected chi connectivity index (χ1v) is 4.81. The first kappa shape index (κ1) is 11.7. The van der Waals surface area contributed by atoms with Crippen LogP contribution < -0.4 is 5.32 Å². The predicted molar refractivity (Wildman–Crippen MR) is 56.2 cm³/mol. The van der Waals surface area contributed by atoms with Gasteiger partial charge in [-0.2, -0.15) is 0 Å². The highest BCUT2D eigenvalue weighted by Crippen LogP contribution is 2.22. The average Bonchev–Trinajstić information content (AvgIpc) is 2.18. The monoisotopic (exact) mass is 209 g/mol. The van der Waals surface area contributed by atoms with E-state index in [-0.39, 0.29) is 12.0 Å². The summed E-state index contributed by atoms with van der Waals surface area (Å²) in [7, 11) is 0. The fourth-order valence-electron chi connectivity index (χ4n) is 1.48. The molecule has 0 spiro atoms. The summed E-state index contributed by atoms with van der Waals surface area (Å²) in [5.41, 5.74) is 0.0253. The summed E-state index contributed by atoms with van der Waals surface area (Å²) in [6, 6.07) is 3.35. The van der Waals surface area contributed by atoms with Gasteiger partial charge in [0.15, 0.2) is 0 Å². The van der Waals surface area contributed by atoms with Crippen molar-refractivity contribution in [2.75, 3.05) is 6.54 Å². The Morgan fingerprint density at radius 1 is 1.40 bits per heavy atom. The molecular formula is C12H13F2N. The molecule has 0 amide bonds. The molecule has 0 saturated carbocycles. The van der Waals surface area contributed by atoms with E-state index in [0.29, 0.717) is 6.54 Å². The van der Waals surface area contributed by atoms with Gasteiger partial charge in [-0.3, -0.25) is 0 Å². The Balaban J connectivity index is 3.05. The number of terminal acetylenes is 1. The van der Waals surface area contributed by atoms with E-state index in [2.05, 4.69) is 11.2 Å². The van der Waals surface area contributed by atoms with Gasteiger partial charge in [0.25, 0.3) is 0 Å². The van der Waals surface area contributed by atoms with Gasteiger partial charge in [-0.15, -0.1) is 12.3 Å². The van der Waals surface area contributed by atoms with E-state index in [0.717, 1.165) is 0 Å². The second-order valence-electron chi connectivity index (χ2n) is 3.15. The zero-order valence-corrected chi connectivity index (χ0v) is 8.56. The minimum atomic E-state index is -0.559. The molecule has 1 atom stereocenters. The maximum atomic E-state index is 13.4. The maximum Gasteiger partial charge on any atom is 0.130 e. The van der Waals surface area contributed by atoms with Gasteiger partial charge in [-0.1, -0.05) is 13.0 Å². The number of nitrogens with one attached hydrogen (secondary N) is 1. The molecule has 0 aliphatic rings. The van der Waals surface area contributed by atoms with Crippen molar-refractivity contribution < 1.29 is 8.78 Å². The lowest BCUT2D eigenvalue weighted by molar-refractivity contribution is 0.480. The summed E-state index contributed by atoms with van der Waals surface area (Å²) in [6.07, 6.45) is 5.43. The van der Waals surface area contributed by atoms with Crippen molar-refractivity contribution in [3.63, 3.8) is 0 Å². The van der Waals surface area contributed by atoms with Crippen LogP contribution in [0.15, 0.2) is 18.2 Å². The van der Waals surface area contributed by atoms with Gasteiger partial charge < -0.3 is 5.32 Å². The number of hydrogen-bond donors (Lipinski definition) is 1. The molecular weight excluding hydrogens is 196 g/mol. The van der Waals surface area contributed by atoms with Gasteiger partial charge in [0.05, 0.1) is 0 Å². The molecule has 3 heteroatoms. The molecule has 0 aliphatic carbocycles. The molecule has 0 saturated heterocycles. The van der Waals surface area contributed by atoms with Gasteiger partial charge in [-0.25, -0.2) is 8.78 Å². The Kier molecular flexibility index (Phi) is 4.26. The van der Waals surface area contributed by atoms with E-state index in [9.17, 15) is 8.78 Å². The van der Waals surface area contributed by atoms with Crippen LogP contribution >= 0.6 is 0 Å². The smallest absolute Gasteiger partial charge is 0.130 e. The van der Waals surface area contributed by atoms with Crippen molar-refractivity contribution in [2.24, 2.45) is 0 Å². The molecule has 0 aliphatic heterocycles. The van der Waals surface area contributed by atoms with E-state index >= 15 is 0 Å². The zero-order chi connectivity index (χ0) is 11.3. The van der Waals surface area contributed by atoms with Crippen LogP contribution in [-0.2, 0) is 0 Å². The van der Waals surface area contributed by atoms with Crippen molar-refractivity contribution in [1.29, 1.82) is 0 Å². The third-order valence-corrected chi connectivity index (χ3v) is 2.12. The number of hydrogen-bond acceptors (Lipinski definition) is 1. The second-order valence-corrected chi connectivity index (χ2v) is 3.15. The standard InChI is InChI=1S/C12H13F2N/c1-3-6-11(15-4-2)12-9(13)7-5-8-10(12)14/h1,5,7-8,11,15H,4,6H2,2H3. The van der Waals surface area contributed by atoms with Crippen LogP contribution in [0.3, 0.4) is 0 Å². The molecule has 0 bridgehead atoms. The van der Waals surface area contributed by atoms with E-state index in [1.54, 1.807) is 0 Å². The second kappa shape index (κ2) is 5.47. The maximum absolute atomic E-state index is 13.4. The highest BCUT2D eigenvalue weighted by Gasteiger charge is 2.17. The van der Waals surface area contributed by atoms with E-state index in [4.69, 9.17) is 6.42 Å². The van der Waals surface area contributed by atoms with Gasteiger partial charge in [0, 0.05) is 18.0 Å². The molecule has 0 heterocycles. The van der Waals surface area contributed by atoms with Crippen LogP contribution in [0, 0.1) is 24.0 Å². The highest BCUT2D eigenvalue weighted by molar-refractivity contribution is 5.24. The minimum Gasteiger partial charge on any atom is -0.309 e. The van der Waals surface area contributed by atoms with Crippen LogP contribution in [0.5, 0.6) is 0 Å². The average molecular weight is 209 g/mol. The summed E-state index contributed by atoms with van der Waals surface area (Å²) < 4.78 is 26.8. The molecule has 1 aromatic carbocycles. The highest BCUT2D eigenvalue weighted by atomic mass is 19.1. The van der Waals surface area contributed by atoms with Crippen LogP contribution in [-0.4, -0.2) is 6.54 Å². The van der Waals surface area contributed by atoms with Crippen molar-refractivity contribution in [3.8, 4) is 12.3 Å². The first-order chi connectivity index (χ1) is 7.20. The normalized spacial score (nSPS) is 12.1. The molecule has 0 fully saturated rings. The van der Waals surface area contributed by atoms with Crippen LogP contribution in [0.25, 0.3) is 0 Å². The molecule has 0 aromatic heterocycles. The van der Waals surface area contributed by atoms with Crippen molar-refractivity contribution in [3.05, 3.63) is 35.4 Å². The zero-order valence-electron chi connectivity index (χ0n) is 8.56. The van der Waals surface area contributed by atoms with E-state index in [1.165, 1.54) is 18.2 Å². The van der Waals surface area contributed by atoms with Crippen LogP contribution in [0.2, 0.25) is 0 Å². The summed E-state index contributed by atoms with van der Waals surface area (Å²) in [6.45, 7) is 2.47. The lowest BCUT2D eigenvalue weighted by atomic mass is 10.0. The summed E-state index contributed by atoms with van der Waals surface area (Å²) in [5.74, 6) is 1.29. The third-order valence-electron chi connectivity index (χ3n) is 2.12. The Morgan fingerprint density at radius 2 is 2.00 bits per heavy atom. The quantitative estimate of drug-likeness (QED) is 0.752. The third kappa shape index (κ3) is 2.77. The molecule has 1 nitrogen and oxygen atoms in total. The largest absolute Gasteiger partial charge is 0.309 e.